The van der Waals surface area contributed by atoms with Crippen molar-refractivity contribution in [3.8, 4) is 5.75 Å². The van der Waals surface area contributed by atoms with Gasteiger partial charge >= 0.3 is 5.69 Å². The average molecular weight is 732 g/mol. The van der Waals surface area contributed by atoms with Crippen molar-refractivity contribution in [2.75, 3.05) is 25.4 Å². The molecule has 3 aliphatic rings. The highest BCUT2D eigenvalue weighted by atomic mass is 16.5. The van der Waals surface area contributed by atoms with Gasteiger partial charge in [-0.25, -0.2) is 9.78 Å². The third-order valence-electron chi connectivity index (χ3n) is 9.19. The van der Waals surface area contributed by atoms with Gasteiger partial charge in [-0.1, -0.05) is 18.9 Å². The molecule has 53 heavy (non-hydrogen) atoms. The lowest BCUT2D eigenvalue weighted by Crippen LogP contribution is -2.54. The number of pyridine rings is 1. The van der Waals surface area contributed by atoms with Crippen LogP contribution in [0.15, 0.2) is 33.9 Å². The number of piperidine rings is 1. The van der Waals surface area contributed by atoms with Gasteiger partial charge in [0.15, 0.2) is 12.3 Å². The number of nitrogens with one attached hydrogen (secondary N) is 3. The van der Waals surface area contributed by atoms with Gasteiger partial charge in [-0.2, -0.15) is 0 Å². The van der Waals surface area contributed by atoms with Crippen LogP contribution in [0.25, 0.3) is 11.0 Å². The summed E-state index contributed by atoms with van der Waals surface area (Å²) in [6, 6.07) is 4.24. The third kappa shape index (κ3) is 7.49. The van der Waals surface area contributed by atoms with Gasteiger partial charge in [-0.05, 0) is 50.3 Å². The molecular formula is C34H37N9O10. The first kappa shape index (κ1) is 36.4. The molecule has 7 N–H and O–H groups in total. The van der Waals surface area contributed by atoms with Gasteiger partial charge < -0.3 is 26.8 Å². The second-order valence-corrected chi connectivity index (χ2v) is 13.0. The molecule has 1 atom stereocenters. The van der Waals surface area contributed by atoms with Crippen molar-refractivity contribution in [1.29, 1.82) is 0 Å². The number of primary amides is 1. The topological polar surface area (TPSA) is 277 Å². The lowest BCUT2D eigenvalue weighted by molar-refractivity contribution is -0.136. The number of hydrogen-bond acceptors (Lipinski definition) is 12. The number of hydrogen-bond donors (Lipinski definition) is 5. The maximum Gasteiger partial charge on any atom is 0.333 e. The fraction of sp³-hybridized carbons (Fsp3) is 0.412. The standard InChI is InChI=1S/C34H37N9O10/c35-27-19(28(36)47)14-20-29(40-27)42(17-8-9-17)34(52)41(31(20)49)15-24(45)37-12-3-1-2-4-13-38-25(46)16-53-22-7-5-6-18-26(22)33(51)43(32(18)50)21-10-11-23(44)39-30(21)48/h5-7,14,17,21H,1-4,8-13,15-16H2,(H2,35,40)(H2,36,47)(H,37,45)(H,38,46)(H,39,44,48). The maximum absolute atomic E-state index is 13.2. The molecule has 0 bridgehead atoms. The number of anilines is 1. The Morgan fingerprint density at radius 3 is 2.28 bits per heavy atom. The van der Waals surface area contributed by atoms with Gasteiger partial charge in [-0.15, -0.1) is 0 Å². The minimum absolute atomic E-state index is 0.0107. The molecule has 0 spiro atoms. The summed E-state index contributed by atoms with van der Waals surface area (Å²) >= 11 is 0. The molecule has 3 aromatic rings. The van der Waals surface area contributed by atoms with Gasteiger partial charge in [0.2, 0.25) is 17.7 Å². The normalized spacial score (nSPS) is 16.8. The summed E-state index contributed by atoms with van der Waals surface area (Å²) in [5.41, 5.74) is 9.58. The van der Waals surface area contributed by atoms with Crippen LogP contribution in [0.2, 0.25) is 0 Å². The fourth-order valence-electron chi connectivity index (χ4n) is 6.37. The molecule has 1 aromatic carbocycles. The molecule has 19 heteroatoms. The van der Waals surface area contributed by atoms with Crippen LogP contribution in [-0.2, 0) is 25.7 Å². The molecule has 7 amide bonds. The highest BCUT2D eigenvalue weighted by Gasteiger charge is 2.46. The predicted octanol–water partition coefficient (Wildman–Crippen LogP) is -1.15. The second kappa shape index (κ2) is 15.1. The van der Waals surface area contributed by atoms with Crippen LogP contribution in [0, 0.1) is 0 Å². The number of carbonyl (C=O) groups excluding carboxylic acids is 7. The van der Waals surface area contributed by atoms with Gasteiger partial charge in [0, 0.05) is 25.6 Å². The zero-order valence-corrected chi connectivity index (χ0v) is 28.5. The summed E-state index contributed by atoms with van der Waals surface area (Å²) in [5, 5.41) is 7.52. The SMILES string of the molecule is NC(=O)c1cc2c(=O)n(CC(=O)NCCCCCCNC(=O)COc3cccc4c3C(=O)N(C3CCC(=O)NC3=O)C4=O)c(=O)n(C3CC3)c2nc1N. The van der Waals surface area contributed by atoms with Crippen molar-refractivity contribution in [1.82, 2.24) is 35.0 Å². The van der Waals surface area contributed by atoms with Gasteiger partial charge in [0.1, 0.15) is 24.2 Å². The Hall–Kier alpha value is -6.40. The Balaban J connectivity index is 0.921. The number of imide groups is 2. The van der Waals surface area contributed by atoms with Gasteiger partial charge in [0.25, 0.3) is 29.2 Å². The summed E-state index contributed by atoms with van der Waals surface area (Å²) in [6.07, 6.45) is 4.00. The van der Waals surface area contributed by atoms with Crippen LogP contribution in [0.4, 0.5) is 5.82 Å². The molecule has 6 rings (SSSR count). The minimum Gasteiger partial charge on any atom is -0.483 e. The number of ether oxygens (including phenoxy) is 1. The molecule has 19 nitrogen and oxygen atoms in total. The number of nitrogens with two attached hydrogens (primary N) is 2. The number of unbranched alkanes of at least 4 members (excludes halogenated alkanes) is 3. The number of nitrogen functional groups attached to an aromatic ring is 1. The van der Waals surface area contributed by atoms with Crippen LogP contribution in [-0.4, -0.2) is 86.1 Å². The summed E-state index contributed by atoms with van der Waals surface area (Å²) in [7, 11) is 0. The van der Waals surface area contributed by atoms with Gasteiger partial charge in [-0.3, -0.25) is 57.7 Å². The molecule has 0 radical (unpaired) electrons. The number of fused-ring (bicyclic) bond motifs is 2. The first-order chi connectivity index (χ1) is 25.4. The van der Waals surface area contributed by atoms with E-state index in [2.05, 4.69) is 20.9 Å². The molecule has 1 aliphatic carbocycles. The van der Waals surface area contributed by atoms with E-state index in [1.807, 2.05) is 0 Å². The van der Waals surface area contributed by atoms with Crippen molar-refractivity contribution in [3.63, 3.8) is 0 Å². The first-order valence-electron chi connectivity index (χ1n) is 17.1. The molecule has 2 fully saturated rings. The number of aromatic nitrogens is 3. The van der Waals surface area contributed by atoms with E-state index in [4.69, 9.17) is 16.2 Å². The van der Waals surface area contributed by atoms with Crippen molar-refractivity contribution < 1.29 is 38.3 Å². The Bertz CT molecular complexity index is 2190. The number of nitrogens with zero attached hydrogens (tertiary/aromatic N) is 4. The zero-order chi connectivity index (χ0) is 38.0. The summed E-state index contributed by atoms with van der Waals surface area (Å²) in [4.78, 5) is 118. The number of amides is 7. The highest BCUT2D eigenvalue weighted by Crippen LogP contribution is 2.35. The Morgan fingerprint density at radius 2 is 1.62 bits per heavy atom. The Morgan fingerprint density at radius 1 is 0.925 bits per heavy atom. The van der Waals surface area contributed by atoms with E-state index in [-0.39, 0.29) is 64.7 Å². The van der Waals surface area contributed by atoms with E-state index in [9.17, 15) is 43.2 Å². The number of rotatable bonds is 15. The van der Waals surface area contributed by atoms with Gasteiger partial charge in [0.05, 0.1) is 22.1 Å². The van der Waals surface area contributed by atoms with Crippen LogP contribution in [0.3, 0.4) is 0 Å². The molecule has 4 heterocycles. The monoisotopic (exact) mass is 731 g/mol. The van der Waals surface area contributed by atoms with E-state index in [1.54, 1.807) is 0 Å². The van der Waals surface area contributed by atoms with E-state index in [0.717, 1.165) is 9.47 Å². The third-order valence-corrected chi connectivity index (χ3v) is 9.19. The highest BCUT2D eigenvalue weighted by molar-refractivity contribution is 6.24. The maximum atomic E-state index is 13.2. The van der Waals surface area contributed by atoms with Crippen molar-refractivity contribution >= 4 is 58.2 Å². The zero-order valence-electron chi connectivity index (χ0n) is 28.5. The molecule has 2 aromatic heterocycles. The van der Waals surface area contributed by atoms with Crippen molar-refractivity contribution in [2.24, 2.45) is 5.73 Å². The molecule has 2 aliphatic heterocycles. The van der Waals surface area contributed by atoms with E-state index in [1.165, 1.54) is 28.8 Å². The molecule has 278 valence electrons. The van der Waals surface area contributed by atoms with E-state index < -0.39 is 71.8 Å². The van der Waals surface area contributed by atoms with E-state index in [0.29, 0.717) is 45.1 Å². The summed E-state index contributed by atoms with van der Waals surface area (Å²) in [5.74, 6) is -4.69. The summed E-state index contributed by atoms with van der Waals surface area (Å²) in [6.45, 7) is -0.339. The first-order valence-corrected chi connectivity index (χ1v) is 17.1. The van der Waals surface area contributed by atoms with Crippen molar-refractivity contribution in [3.05, 3.63) is 61.8 Å². The van der Waals surface area contributed by atoms with Crippen molar-refractivity contribution in [2.45, 2.75) is 70.0 Å². The predicted molar refractivity (Wildman–Crippen MR) is 185 cm³/mol. The lowest BCUT2D eigenvalue weighted by Gasteiger charge is -2.27. The lowest BCUT2D eigenvalue weighted by atomic mass is 10.0. The number of benzene rings is 1. The van der Waals surface area contributed by atoms with E-state index >= 15 is 0 Å². The smallest absolute Gasteiger partial charge is 0.333 e. The van der Waals surface area contributed by atoms with Crippen LogP contribution in [0.1, 0.15) is 88.5 Å². The molecule has 1 saturated heterocycles. The average Bonchev–Trinajstić information content (AvgIpc) is 3.92. The summed E-state index contributed by atoms with van der Waals surface area (Å²) < 4.78 is 7.72. The molecule has 1 unspecified atom stereocenters. The Kier molecular flexibility index (Phi) is 10.3. The minimum atomic E-state index is -1.13. The Labute approximate surface area is 300 Å². The quantitative estimate of drug-likeness (QED) is 0.0915. The second-order valence-electron chi connectivity index (χ2n) is 13.0. The van der Waals surface area contributed by atoms with Crippen LogP contribution in [0.5, 0.6) is 5.75 Å². The fourth-order valence-corrected chi connectivity index (χ4v) is 6.37. The molecule has 1 saturated carbocycles. The largest absolute Gasteiger partial charge is 0.483 e. The van der Waals surface area contributed by atoms with Crippen LogP contribution < -0.4 is 43.4 Å². The molecular weight excluding hydrogens is 694 g/mol. The number of carbonyl (C=O) groups is 7. The van der Waals surface area contributed by atoms with Crippen LogP contribution >= 0.6 is 0 Å².